The number of carbonyl (C=O) groups is 1. The summed E-state index contributed by atoms with van der Waals surface area (Å²) in [6.45, 7) is 0. The van der Waals surface area contributed by atoms with Crippen LogP contribution < -0.4 is 10.9 Å². The topological polar surface area (TPSA) is 64.0 Å². The Kier molecular flexibility index (Phi) is 4.64. The Morgan fingerprint density at radius 2 is 1.63 bits per heavy atom. The van der Waals surface area contributed by atoms with Crippen molar-refractivity contribution >= 4 is 66.0 Å². The smallest absolute Gasteiger partial charge is 0.266 e. The monoisotopic (exact) mass is 521 g/mol. The molecule has 3 aromatic carbocycles. The van der Waals surface area contributed by atoms with Gasteiger partial charge < -0.3 is 5.32 Å². The average Bonchev–Trinajstić information content (AvgIpc) is 3.04. The minimum Gasteiger partial charge on any atom is -0.321 e. The van der Waals surface area contributed by atoms with E-state index in [0.29, 0.717) is 28.0 Å². The van der Waals surface area contributed by atoms with Crippen LogP contribution in [0.25, 0.3) is 28.2 Å². The number of nitrogens with zero attached hydrogens (tertiary/aromatic N) is 2. The molecule has 0 atom stereocenters. The van der Waals surface area contributed by atoms with Crippen molar-refractivity contribution in [3.8, 4) is 5.69 Å². The summed E-state index contributed by atoms with van der Waals surface area (Å²) in [6, 6.07) is 20.2. The zero-order valence-corrected chi connectivity index (χ0v) is 18.6. The second kappa shape index (κ2) is 7.34. The molecule has 0 bridgehead atoms. The molecule has 1 amide bonds. The molecular weight excluding hydrogens is 510 g/mol. The summed E-state index contributed by atoms with van der Waals surface area (Å²) in [6.07, 6.45) is 1.67. The number of aromatic nitrogens is 2. The van der Waals surface area contributed by atoms with Crippen LogP contribution in [0, 0.1) is 0 Å². The molecule has 5 rings (SSSR count). The van der Waals surface area contributed by atoms with E-state index < -0.39 is 0 Å². The predicted molar refractivity (Wildman–Crippen MR) is 126 cm³/mol. The number of rotatable bonds is 2. The van der Waals surface area contributed by atoms with Gasteiger partial charge in [-0.25, -0.2) is 4.98 Å². The third-order valence-electron chi connectivity index (χ3n) is 4.92. The SMILES string of the molecule is O=C1Nc2ccc(Br)cc2C1=Cc1nc2ccccc2c(=O)n1-c1ccc(Br)cc1. The molecule has 0 saturated heterocycles. The van der Waals surface area contributed by atoms with Crippen LogP contribution in [0.2, 0.25) is 0 Å². The predicted octanol–water partition coefficient (Wildman–Crippen LogP) is 5.40. The summed E-state index contributed by atoms with van der Waals surface area (Å²) in [5, 5.41) is 3.38. The standard InChI is InChI=1S/C23H13Br2N3O2/c24-13-5-8-15(9-6-13)28-21(26-19-4-2-1-3-16(19)23(28)30)12-18-17-11-14(25)7-10-20(17)27-22(18)29/h1-12H,(H,27,29). The van der Waals surface area contributed by atoms with Crippen molar-refractivity contribution in [2.45, 2.75) is 0 Å². The van der Waals surface area contributed by atoms with E-state index in [1.54, 1.807) is 18.2 Å². The van der Waals surface area contributed by atoms with Gasteiger partial charge in [0.1, 0.15) is 5.82 Å². The highest BCUT2D eigenvalue weighted by atomic mass is 79.9. The zero-order valence-electron chi connectivity index (χ0n) is 15.4. The van der Waals surface area contributed by atoms with Crippen LogP contribution in [0.5, 0.6) is 0 Å². The van der Waals surface area contributed by atoms with E-state index in [9.17, 15) is 9.59 Å². The van der Waals surface area contributed by atoms with Crippen molar-refractivity contribution in [1.82, 2.24) is 9.55 Å². The molecule has 0 saturated carbocycles. The van der Waals surface area contributed by atoms with Gasteiger partial charge in [0.15, 0.2) is 0 Å². The fourth-order valence-electron chi connectivity index (χ4n) is 3.52. The van der Waals surface area contributed by atoms with E-state index in [1.165, 1.54) is 4.57 Å². The maximum Gasteiger partial charge on any atom is 0.266 e. The molecule has 5 nitrogen and oxygen atoms in total. The number of para-hydroxylation sites is 1. The number of fused-ring (bicyclic) bond motifs is 2. The van der Waals surface area contributed by atoms with Crippen molar-refractivity contribution in [1.29, 1.82) is 0 Å². The van der Waals surface area contributed by atoms with Crippen molar-refractivity contribution in [3.63, 3.8) is 0 Å². The lowest BCUT2D eigenvalue weighted by Gasteiger charge is -2.12. The fraction of sp³-hybridized carbons (Fsp3) is 0. The lowest BCUT2D eigenvalue weighted by molar-refractivity contribution is -0.110. The van der Waals surface area contributed by atoms with Crippen LogP contribution in [0.15, 0.2) is 80.5 Å². The van der Waals surface area contributed by atoms with Gasteiger partial charge in [-0.05, 0) is 60.7 Å². The maximum absolute atomic E-state index is 13.4. The third-order valence-corrected chi connectivity index (χ3v) is 5.95. The first-order valence-corrected chi connectivity index (χ1v) is 10.7. The first-order valence-electron chi connectivity index (χ1n) is 9.12. The number of hydrogen-bond acceptors (Lipinski definition) is 3. The summed E-state index contributed by atoms with van der Waals surface area (Å²) in [4.78, 5) is 30.7. The summed E-state index contributed by atoms with van der Waals surface area (Å²) >= 11 is 6.88. The molecule has 146 valence electrons. The second-order valence-corrected chi connectivity index (χ2v) is 8.64. The first kappa shape index (κ1) is 19.0. The van der Waals surface area contributed by atoms with Crippen LogP contribution in [-0.2, 0) is 4.79 Å². The highest BCUT2D eigenvalue weighted by Gasteiger charge is 2.25. The molecule has 7 heteroatoms. The summed E-state index contributed by atoms with van der Waals surface area (Å²) in [5.41, 5.74) is 3.01. The highest BCUT2D eigenvalue weighted by Crippen LogP contribution is 2.35. The van der Waals surface area contributed by atoms with Crippen molar-refractivity contribution < 1.29 is 4.79 Å². The van der Waals surface area contributed by atoms with Gasteiger partial charge in [-0.3, -0.25) is 14.2 Å². The zero-order chi connectivity index (χ0) is 20.8. The first-order chi connectivity index (χ1) is 14.5. The van der Waals surface area contributed by atoms with Crippen LogP contribution in [0.4, 0.5) is 5.69 Å². The number of halogens is 2. The molecule has 0 spiro atoms. The Morgan fingerprint density at radius 1 is 0.900 bits per heavy atom. The van der Waals surface area contributed by atoms with Gasteiger partial charge in [-0.2, -0.15) is 0 Å². The molecular formula is C23H13Br2N3O2. The summed E-state index contributed by atoms with van der Waals surface area (Å²) in [5.74, 6) is 0.159. The minimum atomic E-state index is -0.229. The van der Waals surface area contributed by atoms with E-state index in [1.807, 2.05) is 54.6 Å². The van der Waals surface area contributed by atoms with Gasteiger partial charge in [0.05, 0.1) is 22.2 Å². The molecule has 0 fully saturated rings. The van der Waals surface area contributed by atoms with Gasteiger partial charge in [-0.15, -0.1) is 0 Å². The number of carbonyl (C=O) groups excluding carboxylic acids is 1. The molecule has 1 N–H and O–H groups in total. The van der Waals surface area contributed by atoms with E-state index >= 15 is 0 Å². The van der Waals surface area contributed by atoms with Gasteiger partial charge in [0.25, 0.3) is 11.5 Å². The van der Waals surface area contributed by atoms with Crippen LogP contribution in [0.1, 0.15) is 11.4 Å². The molecule has 0 radical (unpaired) electrons. The van der Waals surface area contributed by atoms with E-state index in [2.05, 4.69) is 37.2 Å². The number of hydrogen-bond donors (Lipinski definition) is 1. The van der Waals surface area contributed by atoms with Crippen molar-refractivity contribution in [2.24, 2.45) is 0 Å². The molecule has 2 heterocycles. The fourth-order valence-corrected chi connectivity index (χ4v) is 4.14. The lowest BCUT2D eigenvalue weighted by Crippen LogP contribution is -2.22. The molecule has 1 aliphatic heterocycles. The largest absolute Gasteiger partial charge is 0.321 e. The quantitative estimate of drug-likeness (QED) is 0.358. The summed E-state index contributed by atoms with van der Waals surface area (Å²) < 4.78 is 3.30. The molecule has 0 aliphatic carbocycles. The van der Waals surface area contributed by atoms with Crippen LogP contribution >= 0.6 is 31.9 Å². The lowest BCUT2D eigenvalue weighted by atomic mass is 10.1. The third kappa shape index (κ3) is 3.20. The molecule has 1 aliphatic rings. The van der Waals surface area contributed by atoms with Gasteiger partial charge in [-0.1, -0.05) is 44.0 Å². The maximum atomic E-state index is 13.4. The molecule has 1 aromatic heterocycles. The van der Waals surface area contributed by atoms with E-state index in [0.717, 1.165) is 20.2 Å². The van der Waals surface area contributed by atoms with Gasteiger partial charge >= 0.3 is 0 Å². The summed E-state index contributed by atoms with van der Waals surface area (Å²) in [7, 11) is 0. The molecule has 30 heavy (non-hydrogen) atoms. The number of amides is 1. The Morgan fingerprint density at radius 3 is 2.43 bits per heavy atom. The number of anilines is 1. The molecule has 4 aromatic rings. The average molecular weight is 523 g/mol. The Hall–Kier alpha value is -3.03. The van der Waals surface area contributed by atoms with Crippen molar-refractivity contribution in [3.05, 3.63) is 97.4 Å². The van der Waals surface area contributed by atoms with Gasteiger partial charge in [0, 0.05) is 20.2 Å². The van der Waals surface area contributed by atoms with E-state index in [4.69, 9.17) is 4.98 Å². The van der Waals surface area contributed by atoms with E-state index in [-0.39, 0.29) is 11.5 Å². The Labute approximate surface area is 188 Å². The minimum absolute atomic E-state index is 0.192. The highest BCUT2D eigenvalue weighted by molar-refractivity contribution is 9.10. The van der Waals surface area contributed by atoms with Crippen LogP contribution in [0.3, 0.4) is 0 Å². The number of nitrogens with one attached hydrogen (secondary N) is 1. The molecule has 0 unspecified atom stereocenters. The Balaban J connectivity index is 1.81. The normalized spacial score (nSPS) is 14.2. The Bertz CT molecular complexity index is 1420. The van der Waals surface area contributed by atoms with Gasteiger partial charge in [0.2, 0.25) is 0 Å². The van der Waals surface area contributed by atoms with Crippen LogP contribution in [-0.4, -0.2) is 15.5 Å². The second-order valence-electron chi connectivity index (χ2n) is 6.81. The number of benzene rings is 3. The van der Waals surface area contributed by atoms with Crippen molar-refractivity contribution in [2.75, 3.05) is 5.32 Å².